The summed E-state index contributed by atoms with van der Waals surface area (Å²) in [6.07, 6.45) is 0. The van der Waals surface area contributed by atoms with Crippen molar-refractivity contribution in [2.75, 3.05) is 0 Å². The van der Waals surface area contributed by atoms with Gasteiger partial charge in [0.05, 0.1) is 8.59 Å². The summed E-state index contributed by atoms with van der Waals surface area (Å²) in [5, 5.41) is 4.02. The van der Waals surface area contributed by atoms with Crippen LogP contribution in [0.3, 0.4) is 0 Å². The highest BCUT2D eigenvalue weighted by Gasteiger charge is 2.11. The number of benzene rings is 2. The smallest absolute Gasteiger partial charge is 0.150 e. The minimum Gasteiger partial charge on any atom is -0.454 e. The molecule has 1 N–H and O–H groups in total. The summed E-state index contributed by atoms with van der Waals surface area (Å²) in [6.45, 7) is 4.97. The summed E-state index contributed by atoms with van der Waals surface area (Å²) >= 11 is 8.55. The van der Waals surface area contributed by atoms with E-state index < -0.39 is 0 Å². The second-order valence-electron chi connectivity index (χ2n) is 4.80. The van der Waals surface area contributed by atoms with Gasteiger partial charge in [0.1, 0.15) is 5.75 Å². The van der Waals surface area contributed by atoms with Crippen LogP contribution in [-0.4, -0.2) is 6.04 Å². The van der Waals surface area contributed by atoms with Crippen molar-refractivity contribution < 1.29 is 4.74 Å². The molecule has 4 heteroatoms. The quantitative estimate of drug-likeness (QED) is 0.692. The van der Waals surface area contributed by atoms with Crippen molar-refractivity contribution >= 4 is 34.2 Å². The molecule has 0 aromatic heterocycles. The van der Waals surface area contributed by atoms with Gasteiger partial charge in [-0.25, -0.2) is 0 Å². The molecule has 0 unspecified atom stereocenters. The lowest BCUT2D eigenvalue weighted by atomic mass is 10.2. The van der Waals surface area contributed by atoms with Crippen LogP contribution < -0.4 is 10.1 Å². The first-order valence-electron chi connectivity index (χ1n) is 6.51. The normalized spacial score (nSPS) is 10.8. The predicted octanol–water partition coefficient (Wildman–Crippen LogP) is 5.23. The Hall–Kier alpha value is -0.780. The van der Waals surface area contributed by atoms with E-state index in [-0.39, 0.29) is 0 Å². The molecule has 106 valence electrons. The lowest BCUT2D eigenvalue weighted by molar-refractivity contribution is 0.466. The lowest BCUT2D eigenvalue weighted by Gasteiger charge is -2.15. The molecule has 20 heavy (non-hydrogen) atoms. The molecule has 0 fully saturated rings. The van der Waals surface area contributed by atoms with Crippen molar-refractivity contribution in [2.45, 2.75) is 26.4 Å². The fourth-order valence-corrected chi connectivity index (χ4v) is 2.49. The largest absolute Gasteiger partial charge is 0.454 e. The number of ether oxygens (including phenoxy) is 1. The van der Waals surface area contributed by atoms with E-state index in [1.807, 2.05) is 42.5 Å². The lowest BCUT2D eigenvalue weighted by Crippen LogP contribution is -2.22. The Morgan fingerprint density at radius 1 is 1.15 bits per heavy atom. The van der Waals surface area contributed by atoms with E-state index in [0.717, 1.165) is 27.2 Å². The van der Waals surface area contributed by atoms with Crippen LogP contribution in [0.25, 0.3) is 0 Å². The zero-order valence-corrected chi connectivity index (χ0v) is 14.4. The fourth-order valence-electron chi connectivity index (χ4n) is 1.76. The highest BCUT2D eigenvalue weighted by atomic mass is 127. The second-order valence-corrected chi connectivity index (χ2v) is 6.37. The molecule has 0 amide bonds. The number of para-hydroxylation sites is 2. The topological polar surface area (TPSA) is 21.3 Å². The minimum atomic E-state index is 0.415. The minimum absolute atomic E-state index is 0.415. The van der Waals surface area contributed by atoms with Crippen molar-refractivity contribution in [1.82, 2.24) is 5.32 Å². The van der Waals surface area contributed by atoms with Gasteiger partial charge in [0.2, 0.25) is 0 Å². The van der Waals surface area contributed by atoms with Gasteiger partial charge in [0.15, 0.2) is 5.75 Å². The van der Waals surface area contributed by atoms with Crippen molar-refractivity contribution in [3.63, 3.8) is 0 Å². The molecule has 2 aromatic rings. The molecule has 0 saturated carbocycles. The average molecular weight is 402 g/mol. The first kappa shape index (κ1) is 15.6. The van der Waals surface area contributed by atoms with Crippen molar-refractivity contribution in [2.24, 2.45) is 0 Å². The van der Waals surface area contributed by atoms with Gasteiger partial charge < -0.3 is 10.1 Å². The van der Waals surface area contributed by atoms with E-state index in [4.69, 9.17) is 16.3 Å². The summed E-state index contributed by atoms with van der Waals surface area (Å²) < 4.78 is 7.09. The number of hydrogen-bond donors (Lipinski definition) is 1. The molecule has 2 aromatic carbocycles. The van der Waals surface area contributed by atoms with Crippen LogP contribution >= 0.6 is 34.2 Å². The van der Waals surface area contributed by atoms with Crippen molar-refractivity contribution in [1.29, 1.82) is 0 Å². The summed E-state index contributed by atoms with van der Waals surface area (Å²) in [7, 11) is 0. The molecule has 0 bridgehead atoms. The molecule has 0 aliphatic rings. The first-order valence-corrected chi connectivity index (χ1v) is 7.96. The summed E-state index contributed by atoms with van der Waals surface area (Å²) in [6, 6.07) is 14.2. The third-order valence-corrected chi connectivity index (χ3v) is 3.99. The number of rotatable bonds is 5. The summed E-state index contributed by atoms with van der Waals surface area (Å²) in [5.41, 5.74) is 1.06. The zero-order chi connectivity index (χ0) is 14.5. The molecule has 0 aliphatic heterocycles. The zero-order valence-electron chi connectivity index (χ0n) is 11.5. The van der Waals surface area contributed by atoms with E-state index in [9.17, 15) is 0 Å². The number of hydrogen-bond acceptors (Lipinski definition) is 2. The first-order chi connectivity index (χ1) is 9.58. The molecule has 0 atom stereocenters. The maximum Gasteiger partial charge on any atom is 0.150 e. The van der Waals surface area contributed by atoms with Crippen LogP contribution in [0, 0.1) is 3.57 Å². The fraction of sp³-hybridized carbons (Fsp3) is 0.250. The van der Waals surface area contributed by atoms with Gasteiger partial charge in [0, 0.05) is 18.2 Å². The van der Waals surface area contributed by atoms with E-state index in [2.05, 4.69) is 41.8 Å². The SMILES string of the molecule is CC(C)NCc1cccc(Cl)c1Oc1ccccc1I. The van der Waals surface area contributed by atoms with Gasteiger partial charge in [-0.05, 0) is 40.8 Å². The summed E-state index contributed by atoms with van der Waals surface area (Å²) in [4.78, 5) is 0. The second kappa shape index (κ2) is 7.29. The van der Waals surface area contributed by atoms with Gasteiger partial charge in [-0.2, -0.15) is 0 Å². The maximum absolute atomic E-state index is 6.29. The van der Waals surface area contributed by atoms with E-state index in [1.54, 1.807) is 0 Å². The molecular formula is C16H17ClINO. The molecule has 2 rings (SSSR count). The molecular weight excluding hydrogens is 385 g/mol. The highest BCUT2D eigenvalue weighted by Crippen LogP contribution is 2.34. The van der Waals surface area contributed by atoms with Gasteiger partial charge in [-0.1, -0.05) is 49.7 Å². The highest BCUT2D eigenvalue weighted by molar-refractivity contribution is 14.1. The standard InChI is InChI=1S/C16H17ClINO/c1-11(2)19-10-12-6-5-7-13(17)16(12)20-15-9-4-3-8-14(15)18/h3-9,11,19H,10H2,1-2H3. The van der Waals surface area contributed by atoms with Crippen molar-refractivity contribution in [3.8, 4) is 11.5 Å². The third-order valence-electron chi connectivity index (χ3n) is 2.80. The van der Waals surface area contributed by atoms with E-state index in [0.29, 0.717) is 11.1 Å². The monoisotopic (exact) mass is 401 g/mol. The van der Waals surface area contributed by atoms with Crippen LogP contribution in [0.2, 0.25) is 5.02 Å². The van der Waals surface area contributed by atoms with Gasteiger partial charge in [0.25, 0.3) is 0 Å². The van der Waals surface area contributed by atoms with E-state index in [1.165, 1.54) is 0 Å². The van der Waals surface area contributed by atoms with Crippen LogP contribution in [0.5, 0.6) is 11.5 Å². The van der Waals surface area contributed by atoms with Crippen LogP contribution in [0.15, 0.2) is 42.5 Å². The Labute approximate surface area is 138 Å². The Morgan fingerprint density at radius 2 is 1.90 bits per heavy atom. The average Bonchev–Trinajstić information content (AvgIpc) is 2.41. The number of nitrogens with one attached hydrogen (secondary N) is 1. The van der Waals surface area contributed by atoms with Crippen molar-refractivity contribution in [3.05, 3.63) is 56.6 Å². The van der Waals surface area contributed by atoms with E-state index >= 15 is 0 Å². The Kier molecular flexibility index (Phi) is 5.69. The molecule has 0 aliphatic carbocycles. The molecule has 0 spiro atoms. The van der Waals surface area contributed by atoms with Crippen LogP contribution in [-0.2, 0) is 6.54 Å². The molecule has 2 nitrogen and oxygen atoms in total. The van der Waals surface area contributed by atoms with Crippen LogP contribution in [0.1, 0.15) is 19.4 Å². The van der Waals surface area contributed by atoms with Gasteiger partial charge in [-0.15, -0.1) is 0 Å². The molecule has 0 saturated heterocycles. The predicted molar refractivity (Wildman–Crippen MR) is 92.7 cm³/mol. The summed E-state index contributed by atoms with van der Waals surface area (Å²) in [5.74, 6) is 1.55. The van der Waals surface area contributed by atoms with Gasteiger partial charge in [-0.3, -0.25) is 0 Å². The Morgan fingerprint density at radius 3 is 2.60 bits per heavy atom. The number of halogens is 2. The van der Waals surface area contributed by atoms with Gasteiger partial charge >= 0.3 is 0 Å². The third kappa shape index (κ3) is 4.11. The molecule has 0 heterocycles. The van der Waals surface area contributed by atoms with Crippen LogP contribution in [0.4, 0.5) is 0 Å². The maximum atomic E-state index is 6.29. The molecule has 0 radical (unpaired) electrons. The Balaban J connectivity index is 2.28. The Bertz CT molecular complexity index is 586.